The molecule has 2 rings (SSSR count). The summed E-state index contributed by atoms with van der Waals surface area (Å²) >= 11 is 0. The van der Waals surface area contributed by atoms with Crippen molar-refractivity contribution < 1.29 is 10.2 Å². The van der Waals surface area contributed by atoms with Crippen LogP contribution in [-0.4, -0.2) is 10.2 Å². The van der Waals surface area contributed by atoms with Gasteiger partial charge in [0.25, 0.3) is 0 Å². The molecule has 0 amide bonds. The molecule has 0 unspecified atom stereocenters. The largest absolute Gasteiger partial charge is 0.508 e. The van der Waals surface area contributed by atoms with Crippen LogP contribution in [-0.2, 0) is 12.8 Å². The minimum atomic E-state index is 0.269. The Morgan fingerprint density at radius 1 is 0.773 bits per heavy atom. The molecule has 22 heavy (non-hydrogen) atoms. The Morgan fingerprint density at radius 2 is 1.36 bits per heavy atom. The zero-order chi connectivity index (χ0) is 16.2. The predicted octanol–water partition coefficient (Wildman–Crippen LogP) is 3.70. The lowest BCUT2D eigenvalue weighted by Crippen LogP contribution is -1.82. The van der Waals surface area contributed by atoms with E-state index in [1.54, 1.807) is 24.3 Å². The Kier molecular flexibility index (Phi) is 7.64. The molecule has 0 radical (unpaired) electrons. The molecule has 4 heteroatoms. The second-order valence-electron chi connectivity index (χ2n) is 4.61. The van der Waals surface area contributed by atoms with E-state index in [9.17, 15) is 5.11 Å². The van der Waals surface area contributed by atoms with Crippen molar-refractivity contribution >= 4 is 0 Å². The fraction of sp³-hybridized carbons (Fsp3) is 0.222. The lowest BCUT2D eigenvalue weighted by molar-refractivity contribution is 0.468. The normalized spacial score (nSPS) is 9.00. The first-order valence-electron chi connectivity index (χ1n) is 6.96. The first kappa shape index (κ1) is 17.1. The van der Waals surface area contributed by atoms with Gasteiger partial charge < -0.3 is 10.2 Å². The molecule has 0 heterocycles. The number of phenolic OH excluding ortho intramolecular Hbond substituents is 2. The number of benzene rings is 2. The van der Waals surface area contributed by atoms with Crippen molar-refractivity contribution in [2.75, 3.05) is 0 Å². The van der Waals surface area contributed by atoms with Gasteiger partial charge >= 0.3 is 0 Å². The molecular formula is C18H18N2O2. The Balaban J connectivity index is 0.000000220. The van der Waals surface area contributed by atoms with Gasteiger partial charge in [-0.2, -0.15) is 10.5 Å². The maximum Gasteiger partial charge on any atom is 0.118 e. The molecule has 112 valence electrons. The smallest absolute Gasteiger partial charge is 0.118 e. The molecule has 0 aliphatic heterocycles. The minimum Gasteiger partial charge on any atom is -0.508 e. The summed E-state index contributed by atoms with van der Waals surface area (Å²) in [5, 5.41) is 34.7. The number of aromatic hydroxyl groups is 2. The predicted molar refractivity (Wildman–Crippen MR) is 84.1 cm³/mol. The van der Waals surface area contributed by atoms with Gasteiger partial charge in [-0.25, -0.2) is 0 Å². The minimum absolute atomic E-state index is 0.269. The van der Waals surface area contributed by atoms with Crippen LogP contribution >= 0.6 is 0 Å². The van der Waals surface area contributed by atoms with Gasteiger partial charge in [0.1, 0.15) is 11.5 Å². The average Bonchev–Trinajstić information content (AvgIpc) is 2.54. The van der Waals surface area contributed by atoms with Crippen molar-refractivity contribution in [1.82, 2.24) is 0 Å². The van der Waals surface area contributed by atoms with Crippen LogP contribution in [0.5, 0.6) is 11.5 Å². The highest BCUT2D eigenvalue weighted by Crippen LogP contribution is 2.16. The van der Waals surface area contributed by atoms with Crippen LogP contribution < -0.4 is 0 Å². The summed E-state index contributed by atoms with van der Waals surface area (Å²) in [7, 11) is 0. The molecule has 0 bridgehead atoms. The standard InChI is InChI=1S/2C9H9NO/c10-7-1-2-8-3-5-9(11)6-4-8;10-7-3-5-8-4-1-2-6-9(8)11/h3-6,11H,1-2H2;1-2,4,6,11H,3,5H2. The molecule has 0 aliphatic rings. The first-order valence-corrected chi connectivity index (χ1v) is 6.96. The van der Waals surface area contributed by atoms with E-state index in [1.165, 1.54) is 0 Å². The molecule has 2 aromatic rings. The zero-order valence-corrected chi connectivity index (χ0v) is 12.2. The monoisotopic (exact) mass is 294 g/mol. The van der Waals surface area contributed by atoms with E-state index in [0.29, 0.717) is 19.3 Å². The highest BCUT2D eigenvalue weighted by Gasteiger charge is 1.97. The van der Waals surface area contributed by atoms with Crippen molar-refractivity contribution in [3.8, 4) is 23.6 Å². The van der Waals surface area contributed by atoms with Crippen LogP contribution in [0.2, 0.25) is 0 Å². The van der Waals surface area contributed by atoms with Crippen LogP contribution in [0.1, 0.15) is 24.0 Å². The van der Waals surface area contributed by atoms with E-state index < -0.39 is 0 Å². The SMILES string of the molecule is N#CCCc1ccc(O)cc1.N#CCCc1ccccc1O. The summed E-state index contributed by atoms with van der Waals surface area (Å²) in [6.45, 7) is 0. The van der Waals surface area contributed by atoms with Gasteiger partial charge in [-0.15, -0.1) is 0 Å². The molecule has 0 spiro atoms. The molecule has 0 saturated heterocycles. The second kappa shape index (κ2) is 9.85. The van der Waals surface area contributed by atoms with Gasteiger partial charge in [-0.1, -0.05) is 30.3 Å². The lowest BCUT2D eigenvalue weighted by Gasteiger charge is -1.98. The number of rotatable bonds is 4. The molecular weight excluding hydrogens is 276 g/mol. The molecule has 0 fully saturated rings. The number of nitriles is 2. The van der Waals surface area contributed by atoms with Crippen molar-refractivity contribution in [1.29, 1.82) is 10.5 Å². The van der Waals surface area contributed by atoms with Gasteiger partial charge in [-0.05, 0) is 42.2 Å². The zero-order valence-electron chi connectivity index (χ0n) is 12.2. The molecule has 0 aromatic heterocycles. The number of para-hydroxylation sites is 1. The third-order valence-electron chi connectivity index (χ3n) is 2.96. The Hall–Kier alpha value is -2.98. The van der Waals surface area contributed by atoms with E-state index in [-0.39, 0.29) is 11.5 Å². The first-order chi connectivity index (χ1) is 10.7. The van der Waals surface area contributed by atoms with E-state index in [4.69, 9.17) is 15.6 Å². The maximum atomic E-state index is 9.23. The summed E-state index contributed by atoms with van der Waals surface area (Å²) < 4.78 is 0. The highest BCUT2D eigenvalue weighted by molar-refractivity contribution is 5.32. The number of hydrogen-bond acceptors (Lipinski definition) is 4. The molecule has 0 atom stereocenters. The Bertz CT molecular complexity index is 652. The fourth-order valence-electron chi connectivity index (χ4n) is 1.78. The van der Waals surface area contributed by atoms with E-state index >= 15 is 0 Å². The summed E-state index contributed by atoms with van der Waals surface area (Å²) in [6, 6.07) is 18.1. The van der Waals surface area contributed by atoms with Crippen molar-refractivity contribution in [3.63, 3.8) is 0 Å². The van der Waals surface area contributed by atoms with Crippen LogP contribution in [0.3, 0.4) is 0 Å². The van der Waals surface area contributed by atoms with Crippen molar-refractivity contribution in [3.05, 3.63) is 59.7 Å². The summed E-state index contributed by atoms with van der Waals surface area (Å²) in [5.74, 6) is 0.549. The van der Waals surface area contributed by atoms with Gasteiger partial charge in [0, 0.05) is 12.8 Å². The fourth-order valence-corrected chi connectivity index (χ4v) is 1.78. The van der Waals surface area contributed by atoms with E-state index in [1.807, 2.05) is 30.3 Å². The topological polar surface area (TPSA) is 88.0 Å². The molecule has 2 N–H and O–H groups in total. The Morgan fingerprint density at radius 3 is 1.95 bits per heavy atom. The Labute approximate surface area is 130 Å². The second-order valence-corrected chi connectivity index (χ2v) is 4.61. The number of aryl methyl sites for hydroxylation is 2. The number of hydrogen-bond donors (Lipinski definition) is 2. The summed E-state index contributed by atoms with van der Waals surface area (Å²) in [4.78, 5) is 0. The van der Waals surface area contributed by atoms with Crippen LogP contribution in [0.25, 0.3) is 0 Å². The van der Waals surface area contributed by atoms with Gasteiger partial charge in [0.2, 0.25) is 0 Å². The summed E-state index contributed by atoms with van der Waals surface area (Å²) in [5.41, 5.74) is 1.93. The van der Waals surface area contributed by atoms with Crippen molar-refractivity contribution in [2.24, 2.45) is 0 Å². The van der Waals surface area contributed by atoms with Crippen LogP contribution in [0.15, 0.2) is 48.5 Å². The number of nitrogens with zero attached hydrogens (tertiary/aromatic N) is 2. The van der Waals surface area contributed by atoms with E-state index in [0.717, 1.165) is 17.5 Å². The molecule has 2 aromatic carbocycles. The average molecular weight is 294 g/mol. The third-order valence-corrected chi connectivity index (χ3v) is 2.96. The van der Waals surface area contributed by atoms with Crippen LogP contribution in [0.4, 0.5) is 0 Å². The van der Waals surface area contributed by atoms with Crippen molar-refractivity contribution in [2.45, 2.75) is 25.7 Å². The van der Waals surface area contributed by atoms with Gasteiger partial charge in [-0.3, -0.25) is 0 Å². The quantitative estimate of drug-likeness (QED) is 0.900. The van der Waals surface area contributed by atoms with Gasteiger partial charge in [0.05, 0.1) is 12.1 Å². The highest BCUT2D eigenvalue weighted by atomic mass is 16.3. The third kappa shape index (κ3) is 6.45. The van der Waals surface area contributed by atoms with Crippen LogP contribution in [0, 0.1) is 22.7 Å². The van der Waals surface area contributed by atoms with Gasteiger partial charge in [0.15, 0.2) is 0 Å². The number of phenols is 2. The lowest BCUT2D eigenvalue weighted by atomic mass is 10.1. The molecule has 0 aliphatic carbocycles. The van der Waals surface area contributed by atoms with E-state index in [2.05, 4.69) is 6.07 Å². The molecule has 0 saturated carbocycles. The summed E-state index contributed by atoms with van der Waals surface area (Å²) in [6.07, 6.45) is 2.38. The maximum absolute atomic E-state index is 9.23. The molecule has 4 nitrogen and oxygen atoms in total.